The van der Waals surface area contributed by atoms with E-state index in [9.17, 15) is 4.79 Å². The molecule has 108 valence electrons. The molecule has 1 atom stereocenters. The monoisotopic (exact) mass is 282 g/mol. The standard InChI is InChI=1S/C16H18N4O/c21-16(14-7-4-10-17-14)20-13-8-9-15(18-11-13)19-12-5-2-1-3-6-12/h1-3,5-6,8-9,11,14,17H,4,7,10H2,(H,18,19)(H,20,21). The molecule has 0 bridgehead atoms. The normalized spacial score (nSPS) is 17.4. The van der Waals surface area contributed by atoms with E-state index in [1.165, 1.54) is 0 Å². The van der Waals surface area contributed by atoms with Gasteiger partial charge < -0.3 is 16.0 Å². The van der Waals surface area contributed by atoms with Gasteiger partial charge in [0, 0.05) is 5.69 Å². The first-order valence-electron chi connectivity index (χ1n) is 7.14. The number of para-hydroxylation sites is 1. The van der Waals surface area contributed by atoms with E-state index in [-0.39, 0.29) is 11.9 Å². The number of aromatic nitrogens is 1. The molecular weight excluding hydrogens is 264 g/mol. The SMILES string of the molecule is O=C(Nc1ccc(Nc2ccccc2)nc1)C1CCCN1. The molecule has 5 nitrogen and oxygen atoms in total. The van der Waals surface area contributed by atoms with Crippen LogP contribution in [-0.2, 0) is 4.79 Å². The Balaban J connectivity index is 1.60. The number of benzene rings is 1. The highest BCUT2D eigenvalue weighted by molar-refractivity contribution is 5.94. The fourth-order valence-corrected chi connectivity index (χ4v) is 2.35. The van der Waals surface area contributed by atoms with Gasteiger partial charge in [0.2, 0.25) is 5.91 Å². The Bertz CT molecular complexity index is 591. The van der Waals surface area contributed by atoms with Crippen LogP contribution in [0.2, 0.25) is 0 Å². The van der Waals surface area contributed by atoms with E-state index in [1.54, 1.807) is 6.20 Å². The van der Waals surface area contributed by atoms with Crippen LogP contribution in [0.5, 0.6) is 0 Å². The number of nitrogens with zero attached hydrogens (tertiary/aromatic N) is 1. The molecule has 1 unspecified atom stereocenters. The van der Waals surface area contributed by atoms with Gasteiger partial charge >= 0.3 is 0 Å². The van der Waals surface area contributed by atoms with Crippen molar-refractivity contribution >= 4 is 23.1 Å². The molecule has 1 aromatic carbocycles. The number of hydrogen-bond donors (Lipinski definition) is 3. The number of pyridine rings is 1. The smallest absolute Gasteiger partial charge is 0.241 e. The van der Waals surface area contributed by atoms with E-state index in [4.69, 9.17) is 0 Å². The molecule has 2 aromatic rings. The quantitative estimate of drug-likeness (QED) is 0.806. The predicted octanol–water partition coefficient (Wildman–Crippen LogP) is 2.52. The Morgan fingerprint density at radius 3 is 2.67 bits per heavy atom. The lowest BCUT2D eigenvalue weighted by Crippen LogP contribution is -2.35. The zero-order chi connectivity index (χ0) is 14.5. The van der Waals surface area contributed by atoms with Gasteiger partial charge in [0.05, 0.1) is 17.9 Å². The minimum atomic E-state index is -0.0767. The van der Waals surface area contributed by atoms with Crippen LogP contribution < -0.4 is 16.0 Å². The molecule has 2 heterocycles. The van der Waals surface area contributed by atoms with Gasteiger partial charge in [-0.25, -0.2) is 4.98 Å². The van der Waals surface area contributed by atoms with Crippen LogP contribution in [0.25, 0.3) is 0 Å². The van der Waals surface area contributed by atoms with Crippen LogP contribution in [0.4, 0.5) is 17.2 Å². The first-order valence-corrected chi connectivity index (χ1v) is 7.14. The molecule has 3 N–H and O–H groups in total. The van der Waals surface area contributed by atoms with Crippen LogP contribution in [0, 0.1) is 0 Å². The zero-order valence-corrected chi connectivity index (χ0v) is 11.7. The molecule has 1 aromatic heterocycles. The van der Waals surface area contributed by atoms with Gasteiger partial charge in [-0.3, -0.25) is 4.79 Å². The second-order valence-corrected chi connectivity index (χ2v) is 5.06. The molecule has 0 radical (unpaired) electrons. The van der Waals surface area contributed by atoms with Gasteiger partial charge in [0.1, 0.15) is 5.82 Å². The number of carbonyl (C=O) groups excluding carboxylic acids is 1. The van der Waals surface area contributed by atoms with Crippen molar-refractivity contribution in [3.63, 3.8) is 0 Å². The molecule has 5 heteroatoms. The summed E-state index contributed by atoms with van der Waals surface area (Å²) in [6.07, 6.45) is 3.61. The number of anilines is 3. The van der Waals surface area contributed by atoms with Gasteiger partial charge in [-0.1, -0.05) is 18.2 Å². The molecule has 1 saturated heterocycles. The molecule has 21 heavy (non-hydrogen) atoms. The van der Waals surface area contributed by atoms with Crippen LogP contribution in [-0.4, -0.2) is 23.5 Å². The minimum Gasteiger partial charge on any atom is -0.340 e. The average molecular weight is 282 g/mol. The van der Waals surface area contributed by atoms with Crippen LogP contribution >= 0.6 is 0 Å². The van der Waals surface area contributed by atoms with Crippen molar-refractivity contribution in [3.05, 3.63) is 48.7 Å². The Kier molecular flexibility index (Phi) is 4.12. The summed E-state index contributed by atoms with van der Waals surface area (Å²) in [7, 11) is 0. The van der Waals surface area contributed by atoms with E-state index in [2.05, 4.69) is 20.9 Å². The summed E-state index contributed by atoms with van der Waals surface area (Å²) in [5.41, 5.74) is 1.70. The Labute approximate surface area is 123 Å². The summed E-state index contributed by atoms with van der Waals surface area (Å²) in [6.45, 7) is 0.913. The summed E-state index contributed by atoms with van der Waals surface area (Å²) in [5.74, 6) is 0.760. The van der Waals surface area contributed by atoms with E-state index in [1.807, 2.05) is 42.5 Å². The van der Waals surface area contributed by atoms with E-state index < -0.39 is 0 Å². The van der Waals surface area contributed by atoms with Crippen molar-refractivity contribution in [3.8, 4) is 0 Å². The number of hydrogen-bond acceptors (Lipinski definition) is 4. The summed E-state index contributed by atoms with van der Waals surface area (Å²) >= 11 is 0. The van der Waals surface area contributed by atoms with Crippen molar-refractivity contribution in [1.82, 2.24) is 10.3 Å². The third-order valence-corrected chi connectivity index (χ3v) is 3.45. The van der Waals surface area contributed by atoms with Gasteiger partial charge in [-0.2, -0.15) is 0 Å². The van der Waals surface area contributed by atoms with Gasteiger partial charge in [0.15, 0.2) is 0 Å². The third kappa shape index (κ3) is 3.58. The summed E-state index contributed by atoms with van der Waals surface area (Å²) in [4.78, 5) is 16.3. The second kappa shape index (κ2) is 6.37. The second-order valence-electron chi connectivity index (χ2n) is 5.06. The zero-order valence-electron chi connectivity index (χ0n) is 11.7. The summed E-state index contributed by atoms with van der Waals surface area (Å²) in [5, 5.41) is 9.26. The van der Waals surface area contributed by atoms with Crippen molar-refractivity contribution in [2.75, 3.05) is 17.2 Å². The highest BCUT2D eigenvalue weighted by atomic mass is 16.2. The fraction of sp³-hybridized carbons (Fsp3) is 0.250. The van der Waals surface area contributed by atoms with E-state index >= 15 is 0 Å². The van der Waals surface area contributed by atoms with Crippen molar-refractivity contribution < 1.29 is 4.79 Å². The molecule has 1 aliphatic rings. The highest BCUT2D eigenvalue weighted by Gasteiger charge is 2.21. The molecule has 1 fully saturated rings. The molecule has 3 rings (SSSR count). The lowest BCUT2D eigenvalue weighted by atomic mass is 10.2. The van der Waals surface area contributed by atoms with Crippen molar-refractivity contribution in [2.45, 2.75) is 18.9 Å². The molecule has 0 aliphatic carbocycles. The largest absolute Gasteiger partial charge is 0.340 e. The fourth-order valence-electron chi connectivity index (χ4n) is 2.35. The molecule has 1 amide bonds. The maximum absolute atomic E-state index is 12.0. The third-order valence-electron chi connectivity index (χ3n) is 3.45. The lowest BCUT2D eigenvalue weighted by molar-refractivity contribution is -0.117. The van der Waals surface area contributed by atoms with Crippen molar-refractivity contribution in [1.29, 1.82) is 0 Å². The van der Waals surface area contributed by atoms with Crippen LogP contribution in [0.1, 0.15) is 12.8 Å². The topological polar surface area (TPSA) is 66.0 Å². The molecule has 1 aliphatic heterocycles. The average Bonchev–Trinajstić information content (AvgIpc) is 3.05. The number of amides is 1. The van der Waals surface area contributed by atoms with Gasteiger partial charge in [0.25, 0.3) is 0 Å². The van der Waals surface area contributed by atoms with Crippen LogP contribution in [0.15, 0.2) is 48.7 Å². The van der Waals surface area contributed by atoms with Gasteiger partial charge in [-0.05, 0) is 43.7 Å². The molecular formula is C16H18N4O. The van der Waals surface area contributed by atoms with Crippen molar-refractivity contribution in [2.24, 2.45) is 0 Å². The predicted molar refractivity (Wildman–Crippen MR) is 83.6 cm³/mol. The Morgan fingerprint density at radius 1 is 1.14 bits per heavy atom. The highest BCUT2D eigenvalue weighted by Crippen LogP contribution is 2.16. The lowest BCUT2D eigenvalue weighted by Gasteiger charge is -2.11. The summed E-state index contributed by atoms with van der Waals surface area (Å²) in [6, 6.07) is 13.5. The Hall–Kier alpha value is -2.40. The number of nitrogens with one attached hydrogen (secondary N) is 3. The van der Waals surface area contributed by atoms with Crippen LogP contribution in [0.3, 0.4) is 0 Å². The molecule has 0 spiro atoms. The molecule has 0 saturated carbocycles. The first kappa shape index (κ1) is 13.6. The van der Waals surface area contributed by atoms with E-state index in [0.717, 1.165) is 30.9 Å². The number of carbonyl (C=O) groups is 1. The maximum Gasteiger partial charge on any atom is 0.241 e. The maximum atomic E-state index is 12.0. The number of rotatable bonds is 4. The minimum absolute atomic E-state index is 0.0121. The van der Waals surface area contributed by atoms with E-state index in [0.29, 0.717) is 5.69 Å². The van der Waals surface area contributed by atoms with Gasteiger partial charge in [-0.15, -0.1) is 0 Å². The Morgan fingerprint density at radius 2 is 2.00 bits per heavy atom. The first-order chi connectivity index (χ1) is 10.3. The summed E-state index contributed by atoms with van der Waals surface area (Å²) < 4.78 is 0.